The lowest BCUT2D eigenvalue weighted by Gasteiger charge is -1.99. The van der Waals surface area contributed by atoms with Crippen LogP contribution in [0.3, 0.4) is 0 Å². The molecule has 0 bridgehead atoms. The third-order valence-corrected chi connectivity index (χ3v) is 3.34. The lowest BCUT2D eigenvalue weighted by molar-refractivity contribution is 0.667. The van der Waals surface area contributed by atoms with Gasteiger partial charge in [-0.3, -0.25) is 0 Å². The fourth-order valence-electron chi connectivity index (χ4n) is 1.59. The SMILES string of the molecule is CCCNCc1cnc(-c2cscc2C)[nH]1. The molecule has 2 heterocycles. The fourth-order valence-corrected chi connectivity index (χ4v) is 2.42. The van der Waals surface area contributed by atoms with Crippen molar-refractivity contribution in [1.29, 1.82) is 0 Å². The van der Waals surface area contributed by atoms with Crippen molar-refractivity contribution < 1.29 is 0 Å². The van der Waals surface area contributed by atoms with Gasteiger partial charge in [-0.25, -0.2) is 4.98 Å². The Morgan fingerprint density at radius 2 is 2.31 bits per heavy atom. The van der Waals surface area contributed by atoms with Crippen molar-refractivity contribution in [2.24, 2.45) is 0 Å². The molecular weight excluding hydrogens is 218 g/mol. The fraction of sp³-hybridized carbons (Fsp3) is 0.417. The van der Waals surface area contributed by atoms with E-state index in [1.165, 1.54) is 11.1 Å². The highest BCUT2D eigenvalue weighted by Gasteiger charge is 2.06. The summed E-state index contributed by atoms with van der Waals surface area (Å²) in [6.07, 6.45) is 3.07. The van der Waals surface area contributed by atoms with Gasteiger partial charge in [0.1, 0.15) is 5.82 Å². The van der Waals surface area contributed by atoms with Crippen molar-refractivity contribution in [3.8, 4) is 11.4 Å². The molecule has 0 aromatic carbocycles. The molecule has 4 heteroatoms. The summed E-state index contributed by atoms with van der Waals surface area (Å²) in [5.41, 5.74) is 3.65. The summed E-state index contributed by atoms with van der Waals surface area (Å²) in [5, 5.41) is 7.64. The number of aryl methyl sites for hydroxylation is 1. The van der Waals surface area contributed by atoms with Gasteiger partial charge in [0.2, 0.25) is 0 Å². The average molecular weight is 235 g/mol. The van der Waals surface area contributed by atoms with Crippen LogP contribution in [0.1, 0.15) is 24.6 Å². The molecule has 0 saturated heterocycles. The molecule has 3 nitrogen and oxygen atoms in total. The van der Waals surface area contributed by atoms with Gasteiger partial charge in [-0.1, -0.05) is 6.92 Å². The number of rotatable bonds is 5. The third kappa shape index (κ3) is 2.51. The Morgan fingerprint density at radius 3 is 3.00 bits per heavy atom. The molecule has 2 N–H and O–H groups in total. The minimum Gasteiger partial charge on any atom is -0.341 e. The number of nitrogens with zero attached hydrogens (tertiary/aromatic N) is 1. The van der Waals surface area contributed by atoms with Gasteiger partial charge in [-0.2, -0.15) is 11.3 Å². The summed E-state index contributed by atoms with van der Waals surface area (Å²) < 4.78 is 0. The first kappa shape index (κ1) is 11.4. The van der Waals surface area contributed by atoms with Crippen molar-refractivity contribution in [2.75, 3.05) is 6.54 Å². The van der Waals surface area contributed by atoms with Crippen LogP contribution in [0.4, 0.5) is 0 Å². The Labute approximate surface area is 99.9 Å². The summed E-state index contributed by atoms with van der Waals surface area (Å²) in [7, 11) is 0. The minimum atomic E-state index is 0.865. The maximum absolute atomic E-state index is 4.41. The molecular formula is C12H17N3S. The minimum absolute atomic E-state index is 0.865. The molecule has 0 spiro atoms. The summed E-state index contributed by atoms with van der Waals surface area (Å²) in [4.78, 5) is 7.76. The zero-order valence-electron chi connectivity index (χ0n) is 9.71. The van der Waals surface area contributed by atoms with Gasteiger partial charge in [-0.05, 0) is 30.8 Å². The largest absolute Gasteiger partial charge is 0.341 e. The Morgan fingerprint density at radius 1 is 1.44 bits per heavy atom. The second-order valence-corrected chi connectivity index (χ2v) is 4.65. The van der Waals surface area contributed by atoms with Gasteiger partial charge >= 0.3 is 0 Å². The first-order valence-corrected chi connectivity index (χ1v) is 6.53. The van der Waals surface area contributed by atoms with Crippen LogP contribution in [0.25, 0.3) is 11.4 Å². The van der Waals surface area contributed by atoms with E-state index in [1.54, 1.807) is 11.3 Å². The van der Waals surface area contributed by atoms with Crippen LogP contribution in [0.15, 0.2) is 17.0 Å². The van der Waals surface area contributed by atoms with E-state index in [4.69, 9.17) is 0 Å². The number of thiophene rings is 1. The molecule has 0 aliphatic heterocycles. The maximum atomic E-state index is 4.41. The van der Waals surface area contributed by atoms with Crippen molar-refractivity contribution in [3.63, 3.8) is 0 Å². The zero-order chi connectivity index (χ0) is 11.4. The van der Waals surface area contributed by atoms with E-state index in [-0.39, 0.29) is 0 Å². The van der Waals surface area contributed by atoms with Crippen LogP contribution in [-0.4, -0.2) is 16.5 Å². The number of aromatic amines is 1. The highest BCUT2D eigenvalue weighted by atomic mass is 32.1. The van der Waals surface area contributed by atoms with E-state index in [2.05, 4.69) is 39.9 Å². The first-order valence-electron chi connectivity index (χ1n) is 5.59. The van der Waals surface area contributed by atoms with Gasteiger partial charge in [0.05, 0.1) is 0 Å². The number of nitrogens with one attached hydrogen (secondary N) is 2. The van der Waals surface area contributed by atoms with Crippen LogP contribution in [0.2, 0.25) is 0 Å². The number of aromatic nitrogens is 2. The topological polar surface area (TPSA) is 40.7 Å². The molecule has 0 radical (unpaired) electrons. The monoisotopic (exact) mass is 235 g/mol. The molecule has 0 fully saturated rings. The predicted molar refractivity (Wildman–Crippen MR) is 68.6 cm³/mol. The van der Waals surface area contributed by atoms with E-state index in [9.17, 15) is 0 Å². The number of hydrogen-bond acceptors (Lipinski definition) is 3. The second kappa shape index (κ2) is 5.27. The molecule has 0 amide bonds. The standard InChI is InChI=1S/C12H17N3S/c1-3-4-13-5-10-6-14-12(15-10)11-8-16-7-9(11)2/h6-8,13H,3-5H2,1-2H3,(H,14,15). The summed E-state index contributed by atoms with van der Waals surface area (Å²) >= 11 is 1.72. The molecule has 0 atom stereocenters. The second-order valence-electron chi connectivity index (χ2n) is 3.90. The van der Waals surface area contributed by atoms with E-state index in [0.29, 0.717) is 0 Å². The smallest absolute Gasteiger partial charge is 0.138 e. The van der Waals surface area contributed by atoms with Crippen LogP contribution in [-0.2, 0) is 6.54 Å². The Hall–Kier alpha value is -1.13. The lowest BCUT2D eigenvalue weighted by Crippen LogP contribution is -2.13. The van der Waals surface area contributed by atoms with Gasteiger partial charge in [0.25, 0.3) is 0 Å². The van der Waals surface area contributed by atoms with Crippen molar-refractivity contribution in [1.82, 2.24) is 15.3 Å². The number of H-pyrrole nitrogens is 1. The molecule has 16 heavy (non-hydrogen) atoms. The number of hydrogen-bond donors (Lipinski definition) is 2. The van der Waals surface area contributed by atoms with E-state index >= 15 is 0 Å². The van der Waals surface area contributed by atoms with Crippen LogP contribution in [0, 0.1) is 6.92 Å². The quantitative estimate of drug-likeness (QED) is 0.782. The molecule has 0 aliphatic carbocycles. The van der Waals surface area contributed by atoms with Gasteiger partial charge < -0.3 is 10.3 Å². The predicted octanol–water partition coefficient (Wildman–Crippen LogP) is 2.95. The zero-order valence-corrected chi connectivity index (χ0v) is 10.5. The summed E-state index contributed by atoms with van der Waals surface area (Å²) in [6, 6.07) is 0. The Bertz CT molecular complexity index is 445. The van der Waals surface area contributed by atoms with Crippen molar-refractivity contribution in [3.05, 3.63) is 28.2 Å². The van der Waals surface area contributed by atoms with E-state index in [1.807, 2.05) is 6.20 Å². The van der Waals surface area contributed by atoms with Gasteiger partial charge in [-0.15, -0.1) is 0 Å². The normalized spacial score (nSPS) is 10.9. The van der Waals surface area contributed by atoms with Crippen molar-refractivity contribution >= 4 is 11.3 Å². The van der Waals surface area contributed by atoms with Gasteiger partial charge in [0, 0.05) is 29.4 Å². The molecule has 0 saturated carbocycles. The Balaban J connectivity index is 2.05. The molecule has 0 aliphatic rings. The van der Waals surface area contributed by atoms with Crippen LogP contribution < -0.4 is 5.32 Å². The average Bonchev–Trinajstić information content (AvgIpc) is 2.87. The van der Waals surface area contributed by atoms with E-state index < -0.39 is 0 Å². The summed E-state index contributed by atoms with van der Waals surface area (Å²) in [5.74, 6) is 0.979. The van der Waals surface area contributed by atoms with Crippen LogP contribution in [0.5, 0.6) is 0 Å². The van der Waals surface area contributed by atoms with Gasteiger partial charge in [0.15, 0.2) is 0 Å². The Kier molecular flexibility index (Phi) is 3.74. The first-order chi connectivity index (χ1) is 7.81. The highest BCUT2D eigenvalue weighted by Crippen LogP contribution is 2.23. The number of imidazole rings is 1. The molecule has 2 aromatic heterocycles. The lowest BCUT2D eigenvalue weighted by atomic mass is 10.2. The summed E-state index contributed by atoms with van der Waals surface area (Å²) in [6.45, 7) is 6.19. The molecule has 2 aromatic rings. The van der Waals surface area contributed by atoms with E-state index in [0.717, 1.165) is 31.0 Å². The molecule has 2 rings (SSSR count). The molecule has 86 valence electrons. The molecule has 0 unspecified atom stereocenters. The van der Waals surface area contributed by atoms with Crippen molar-refractivity contribution in [2.45, 2.75) is 26.8 Å². The van der Waals surface area contributed by atoms with Crippen LogP contribution >= 0.6 is 11.3 Å². The maximum Gasteiger partial charge on any atom is 0.138 e. The third-order valence-electron chi connectivity index (χ3n) is 2.48. The highest BCUT2D eigenvalue weighted by molar-refractivity contribution is 7.08.